The summed E-state index contributed by atoms with van der Waals surface area (Å²) in [5.74, 6) is 0.174. The Balaban J connectivity index is 2.08. The highest BCUT2D eigenvalue weighted by Gasteiger charge is 2.13. The topological polar surface area (TPSA) is 56.8 Å². The monoisotopic (exact) mass is 367 g/mol. The largest absolute Gasteiger partial charge is 0.487 e. The molecule has 24 heavy (non-hydrogen) atoms. The minimum Gasteiger partial charge on any atom is -0.487 e. The van der Waals surface area contributed by atoms with Crippen molar-refractivity contribution in [3.8, 4) is 11.5 Å². The summed E-state index contributed by atoms with van der Waals surface area (Å²) in [6.07, 6.45) is 0. The Morgan fingerprint density at radius 1 is 1.17 bits per heavy atom. The predicted octanol–water partition coefficient (Wildman–Crippen LogP) is 4.14. The zero-order chi connectivity index (χ0) is 17.5. The van der Waals surface area contributed by atoms with Gasteiger partial charge in [-0.2, -0.15) is 0 Å². The Kier molecular flexibility index (Phi) is 6.49. The summed E-state index contributed by atoms with van der Waals surface area (Å²) in [6.45, 7) is 3.67. The second-order valence-electron chi connectivity index (χ2n) is 4.65. The smallest absolute Gasteiger partial charge is 0.361 e. The molecule has 0 amide bonds. The molecule has 0 fully saturated rings. The average Bonchev–Trinajstić information content (AvgIpc) is 2.55. The molecule has 0 aromatic heterocycles. The Bertz CT molecular complexity index is 749. The molecule has 0 heterocycles. The predicted molar refractivity (Wildman–Crippen MR) is 92.2 cm³/mol. The number of hydrogen-bond donors (Lipinski definition) is 1. The van der Waals surface area contributed by atoms with Crippen molar-refractivity contribution in [2.45, 2.75) is 6.61 Å². The number of halogens is 2. The molecule has 0 aliphatic carbocycles. The van der Waals surface area contributed by atoms with E-state index in [1.807, 2.05) is 6.07 Å². The quantitative estimate of drug-likeness (QED) is 0.345. The van der Waals surface area contributed by atoms with Crippen molar-refractivity contribution in [3.05, 3.63) is 70.3 Å². The van der Waals surface area contributed by atoms with E-state index < -0.39 is 5.97 Å². The molecule has 2 aromatic carbocycles. The molecule has 2 rings (SSSR count). The van der Waals surface area contributed by atoms with Gasteiger partial charge in [0, 0.05) is 10.6 Å². The van der Waals surface area contributed by atoms with Gasteiger partial charge in [0.1, 0.15) is 23.8 Å². The first-order chi connectivity index (χ1) is 11.5. The van der Waals surface area contributed by atoms with Crippen LogP contribution < -0.4 is 15.0 Å². The van der Waals surface area contributed by atoms with Gasteiger partial charge in [0.25, 0.3) is 0 Å². The molecule has 7 heteroatoms. The number of esters is 1. The number of carbonyl (C=O) groups is 1. The lowest BCUT2D eigenvalue weighted by atomic mass is 10.2. The average molecular weight is 368 g/mol. The van der Waals surface area contributed by atoms with Gasteiger partial charge in [-0.1, -0.05) is 48.0 Å². The number of para-hydroxylation sites is 1. The summed E-state index contributed by atoms with van der Waals surface area (Å²) in [6, 6.07) is 11.9. The van der Waals surface area contributed by atoms with E-state index in [0.717, 1.165) is 0 Å². The van der Waals surface area contributed by atoms with Crippen LogP contribution in [-0.4, -0.2) is 13.1 Å². The highest BCUT2D eigenvalue weighted by molar-refractivity contribution is 6.35. The third-order valence-corrected chi connectivity index (χ3v) is 3.45. The van der Waals surface area contributed by atoms with E-state index >= 15 is 0 Å². The van der Waals surface area contributed by atoms with Crippen molar-refractivity contribution in [2.24, 2.45) is 0 Å². The zero-order valence-corrected chi connectivity index (χ0v) is 14.4. The molecule has 0 radical (unpaired) electrons. The van der Waals surface area contributed by atoms with E-state index in [1.165, 1.54) is 7.11 Å². The fraction of sp³-hybridized carbons (Fsp3) is 0.118. The first kappa shape index (κ1) is 18.1. The number of ether oxygens (including phenoxy) is 2. The van der Waals surface area contributed by atoms with E-state index in [1.54, 1.807) is 36.4 Å². The second-order valence-corrected chi connectivity index (χ2v) is 5.49. The van der Waals surface area contributed by atoms with Crippen molar-refractivity contribution >= 4 is 29.2 Å². The molecule has 0 spiro atoms. The second kappa shape index (κ2) is 8.59. The van der Waals surface area contributed by atoms with Gasteiger partial charge in [0.05, 0.1) is 12.1 Å². The third-order valence-electron chi connectivity index (χ3n) is 2.92. The summed E-state index contributed by atoms with van der Waals surface area (Å²) in [5.41, 5.74) is 2.97. The maximum Gasteiger partial charge on any atom is 0.361 e. The highest BCUT2D eigenvalue weighted by Crippen LogP contribution is 2.29. The fourth-order valence-corrected chi connectivity index (χ4v) is 2.26. The van der Waals surface area contributed by atoms with Crippen molar-refractivity contribution in [1.82, 2.24) is 5.48 Å². The molecular formula is C17H15Cl2NO4. The summed E-state index contributed by atoms with van der Waals surface area (Å²) < 4.78 is 10.9. The molecule has 5 nitrogen and oxygen atoms in total. The van der Waals surface area contributed by atoms with Gasteiger partial charge < -0.3 is 9.47 Å². The van der Waals surface area contributed by atoms with Crippen molar-refractivity contribution in [1.29, 1.82) is 0 Å². The summed E-state index contributed by atoms with van der Waals surface area (Å²) in [5, 5.41) is 0.917. The van der Waals surface area contributed by atoms with Gasteiger partial charge in [-0.3, -0.25) is 10.3 Å². The lowest BCUT2D eigenvalue weighted by Crippen LogP contribution is -2.22. The standard InChI is InChI=1S/C17H15Cl2NO4/c1-11(20-22-2)17(21)24-15-6-4-3-5-12(15)10-23-16-8-7-13(18)9-14(16)19/h3-9,20H,1,10H2,2H3. The molecule has 0 saturated heterocycles. The Hall–Kier alpha value is -2.21. The fourth-order valence-electron chi connectivity index (χ4n) is 1.80. The lowest BCUT2D eigenvalue weighted by Gasteiger charge is -2.13. The van der Waals surface area contributed by atoms with E-state index in [4.69, 9.17) is 32.7 Å². The van der Waals surface area contributed by atoms with Gasteiger partial charge in [-0.15, -0.1) is 0 Å². The van der Waals surface area contributed by atoms with Crippen LogP contribution in [0.3, 0.4) is 0 Å². The third kappa shape index (κ3) is 4.89. The Morgan fingerprint density at radius 3 is 2.62 bits per heavy atom. The van der Waals surface area contributed by atoms with Crippen molar-refractivity contribution < 1.29 is 19.1 Å². The van der Waals surface area contributed by atoms with Gasteiger partial charge in [-0.05, 0) is 24.3 Å². The van der Waals surface area contributed by atoms with Gasteiger partial charge in [-0.25, -0.2) is 4.79 Å². The summed E-state index contributed by atoms with van der Waals surface area (Å²) >= 11 is 11.9. The van der Waals surface area contributed by atoms with Crippen LogP contribution in [0.2, 0.25) is 10.0 Å². The van der Waals surface area contributed by atoms with E-state index in [-0.39, 0.29) is 12.3 Å². The van der Waals surface area contributed by atoms with Crippen LogP contribution in [0.1, 0.15) is 5.56 Å². The van der Waals surface area contributed by atoms with Crippen LogP contribution >= 0.6 is 23.2 Å². The molecular weight excluding hydrogens is 353 g/mol. The minimum absolute atomic E-state index is 0.0195. The number of rotatable bonds is 7. The molecule has 0 aliphatic rings. The molecule has 2 aromatic rings. The van der Waals surface area contributed by atoms with Crippen LogP contribution in [-0.2, 0) is 16.2 Å². The lowest BCUT2D eigenvalue weighted by molar-refractivity contribution is -0.131. The first-order valence-electron chi connectivity index (χ1n) is 6.87. The number of hydroxylamine groups is 1. The van der Waals surface area contributed by atoms with Crippen LogP contribution in [0.15, 0.2) is 54.7 Å². The minimum atomic E-state index is -0.658. The molecule has 1 N–H and O–H groups in total. The number of nitrogens with one attached hydrogen (secondary N) is 1. The Morgan fingerprint density at radius 2 is 1.92 bits per heavy atom. The molecule has 0 bridgehead atoms. The van der Waals surface area contributed by atoms with Crippen LogP contribution in [0.25, 0.3) is 0 Å². The van der Waals surface area contributed by atoms with Crippen molar-refractivity contribution in [3.63, 3.8) is 0 Å². The van der Waals surface area contributed by atoms with Gasteiger partial charge in [0.2, 0.25) is 0 Å². The summed E-state index contributed by atoms with van der Waals surface area (Å²) in [4.78, 5) is 16.5. The molecule has 0 saturated carbocycles. The SMILES string of the molecule is C=C(NOC)C(=O)Oc1ccccc1COc1ccc(Cl)cc1Cl. The highest BCUT2D eigenvalue weighted by atomic mass is 35.5. The molecule has 0 atom stereocenters. The van der Waals surface area contributed by atoms with E-state index in [9.17, 15) is 4.79 Å². The number of carbonyl (C=O) groups excluding carboxylic acids is 1. The maximum atomic E-state index is 11.9. The van der Waals surface area contributed by atoms with Crippen LogP contribution in [0, 0.1) is 0 Å². The normalized spacial score (nSPS) is 10.1. The van der Waals surface area contributed by atoms with E-state index in [2.05, 4.69) is 16.9 Å². The summed E-state index contributed by atoms with van der Waals surface area (Å²) in [7, 11) is 1.37. The van der Waals surface area contributed by atoms with E-state index in [0.29, 0.717) is 27.1 Å². The number of hydrogen-bond acceptors (Lipinski definition) is 5. The Labute approximate surface area is 149 Å². The molecule has 126 valence electrons. The molecule has 0 aliphatic heterocycles. The maximum absolute atomic E-state index is 11.9. The first-order valence-corrected chi connectivity index (χ1v) is 7.62. The zero-order valence-electron chi connectivity index (χ0n) is 12.8. The van der Waals surface area contributed by atoms with Gasteiger partial charge >= 0.3 is 5.97 Å². The van der Waals surface area contributed by atoms with Crippen LogP contribution in [0.5, 0.6) is 11.5 Å². The van der Waals surface area contributed by atoms with Crippen LogP contribution in [0.4, 0.5) is 0 Å². The van der Waals surface area contributed by atoms with Crippen molar-refractivity contribution in [2.75, 3.05) is 7.11 Å². The molecule has 0 unspecified atom stereocenters. The number of benzene rings is 2. The van der Waals surface area contributed by atoms with Gasteiger partial charge in [0.15, 0.2) is 0 Å².